The Bertz CT molecular complexity index is 1440. The van der Waals surface area contributed by atoms with Crippen molar-refractivity contribution in [2.75, 3.05) is 13.1 Å². The fourth-order valence-corrected chi connectivity index (χ4v) is 5.54. The Morgan fingerprint density at radius 3 is 2.29 bits per heavy atom. The van der Waals surface area contributed by atoms with Crippen molar-refractivity contribution in [3.8, 4) is 0 Å². The number of ether oxygens (including phenoxy) is 1. The van der Waals surface area contributed by atoms with Gasteiger partial charge < -0.3 is 14.7 Å². The van der Waals surface area contributed by atoms with E-state index in [1.165, 1.54) is 18.2 Å². The van der Waals surface area contributed by atoms with Crippen LogP contribution in [0, 0.1) is 6.92 Å². The molecule has 0 saturated heterocycles. The first-order valence-electron chi connectivity index (χ1n) is 11.3. The first-order chi connectivity index (χ1) is 16.4. The van der Waals surface area contributed by atoms with Gasteiger partial charge in [0.2, 0.25) is 0 Å². The molecule has 0 radical (unpaired) electrons. The van der Waals surface area contributed by atoms with Gasteiger partial charge in [-0.3, -0.25) is 0 Å². The van der Waals surface area contributed by atoms with E-state index in [1.807, 2.05) is 33.8 Å². The van der Waals surface area contributed by atoms with Crippen molar-refractivity contribution >= 4 is 38.6 Å². The van der Waals surface area contributed by atoms with Gasteiger partial charge in [0.05, 0.1) is 10.4 Å². The average molecular weight is 497 g/mol. The molecule has 2 heterocycles. The van der Waals surface area contributed by atoms with Gasteiger partial charge >= 0.3 is 12.1 Å². The van der Waals surface area contributed by atoms with Gasteiger partial charge in [-0.15, -0.1) is 0 Å². The van der Waals surface area contributed by atoms with Crippen molar-refractivity contribution in [1.29, 1.82) is 0 Å². The van der Waals surface area contributed by atoms with Gasteiger partial charge in [-0.1, -0.05) is 29.8 Å². The highest BCUT2D eigenvalue weighted by molar-refractivity contribution is 7.90. The number of carboxylic acids is 1. The second-order valence-electron chi connectivity index (χ2n) is 9.60. The van der Waals surface area contributed by atoms with Crippen molar-refractivity contribution in [3.05, 3.63) is 71.4 Å². The molecule has 35 heavy (non-hydrogen) atoms. The van der Waals surface area contributed by atoms with Crippen LogP contribution in [-0.4, -0.2) is 53.1 Å². The number of rotatable bonds is 4. The SMILES string of the molecule is Cc1ccc(S(=O)(=O)n2c(C(=O)O)cc3cc(C4=CCN(C(=O)OC(C)(C)C)CC4)ccc32)cc1. The predicted octanol–water partition coefficient (Wildman–Crippen LogP) is 4.91. The fraction of sp³-hybridized carbons (Fsp3) is 0.308. The van der Waals surface area contributed by atoms with Crippen molar-refractivity contribution in [3.63, 3.8) is 0 Å². The van der Waals surface area contributed by atoms with Gasteiger partial charge in [-0.25, -0.2) is 22.0 Å². The summed E-state index contributed by atoms with van der Waals surface area (Å²) in [5, 5.41) is 10.3. The van der Waals surface area contributed by atoms with Gasteiger partial charge in [0.1, 0.15) is 11.3 Å². The zero-order valence-corrected chi connectivity index (χ0v) is 20.9. The van der Waals surface area contributed by atoms with Crippen LogP contribution >= 0.6 is 0 Å². The number of carboxylic acid groups (broad SMARTS) is 1. The normalized spacial score (nSPS) is 14.6. The number of nitrogens with zero attached hydrogens (tertiary/aromatic N) is 2. The van der Waals surface area contributed by atoms with Crippen LogP contribution in [0.25, 0.3) is 16.5 Å². The summed E-state index contributed by atoms with van der Waals surface area (Å²) in [6.07, 6.45) is 2.17. The minimum Gasteiger partial charge on any atom is -0.477 e. The number of amides is 1. The summed E-state index contributed by atoms with van der Waals surface area (Å²) in [7, 11) is -4.12. The van der Waals surface area contributed by atoms with Crippen LogP contribution in [0.5, 0.6) is 0 Å². The van der Waals surface area contributed by atoms with Gasteiger partial charge in [-0.2, -0.15) is 0 Å². The summed E-state index contributed by atoms with van der Waals surface area (Å²) in [6, 6.07) is 12.9. The van der Waals surface area contributed by atoms with Crippen molar-refractivity contribution in [1.82, 2.24) is 8.87 Å². The topological polar surface area (TPSA) is 106 Å². The molecule has 0 saturated carbocycles. The molecule has 0 unspecified atom stereocenters. The molecule has 1 aliphatic rings. The molecule has 9 heteroatoms. The third-order valence-electron chi connectivity index (χ3n) is 5.77. The maximum atomic E-state index is 13.4. The second-order valence-corrected chi connectivity index (χ2v) is 11.4. The quantitative estimate of drug-likeness (QED) is 0.550. The zero-order valence-electron chi connectivity index (χ0n) is 20.1. The largest absolute Gasteiger partial charge is 0.477 e. The molecule has 8 nitrogen and oxygen atoms in total. The van der Waals surface area contributed by atoms with Crippen molar-refractivity contribution in [2.24, 2.45) is 0 Å². The van der Waals surface area contributed by atoms with Crippen LogP contribution in [-0.2, 0) is 14.8 Å². The van der Waals surface area contributed by atoms with Crippen LogP contribution in [0.1, 0.15) is 48.8 Å². The lowest BCUT2D eigenvalue weighted by molar-refractivity contribution is 0.0270. The molecule has 1 amide bonds. The smallest absolute Gasteiger partial charge is 0.410 e. The van der Waals surface area contributed by atoms with E-state index in [1.54, 1.807) is 35.2 Å². The Morgan fingerprint density at radius 2 is 1.71 bits per heavy atom. The Hall–Kier alpha value is -3.59. The van der Waals surface area contributed by atoms with Crippen molar-refractivity contribution < 1.29 is 27.9 Å². The molecule has 1 N–H and O–H groups in total. The Balaban J connectivity index is 1.69. The van der Waals surface area contributed by atoms with E-state index in [9.17, 15) is 23.1 Å². The number of aryl methyl sites for hydroxylation is 1. The number of benzene rings is 2. The van der Waals surface area contributed by atoms with Crippen LogP contribution in [0.4, 0.5) is 4.79 Å². The molecule has 2 aromatic carbocycles. The summed E-state index contributed by atoms with van der Waals surface area (Å²) in [6.45, 7) is 8.19. The molecule has 0 fully saturated rings. The Labute approximate surface area is 204 Å². The van der Waals surface area contributed by atoms with E-state index >= 15 is 0 Å². The van der Waals surface area contributed by atoms with E-state index in [-0.39, 0.29) is 16.7 Å². The van der Waals surface area contributed by atoms with Crippen molar-refractivity contribution in [2.45, 2.75) is 44.6 Å². The third kappa shape index (κ3) is 4.95. The highest BCUT2D eigenvalue weighted by Gasteiger charge is 2.27. The molecular weight excluding hydrogens is 468 g/mol. The number of carbonyl (C=O) groups excluding carboxylic acids is 1. The van der Waals surface area contributed by atoms with Crippen LogP contribution in [0.3, 0.4) is 0 Å². The molecule has 0 atom stereocenters. The maximum absolute atomic E-state index is 13.4. The highest BCUT2D eigenvalue weighted by Crippen LogP contribution is 2.31. The molecular formula is C26H28N2O6S. The molecule has 0 aliphatic carbocycles. The summed E-state index contributed by atoms with van der Waals surface area (Å²) >= 11 is 0. The number of fused-ring (bicyclic) bond motifs is 1. The second kappa shape index (κ2) is 8.88. The van der Waals surface area contributed by atoms with E-state index < -0.39 is 21.6 Å². The number of aromatic carboxylic acids is 1. The van der Waals surface area contributed by atoms with E-state index in [2.05, 4.69) is 0 Å². The Kier molecular flexibility index (Phi) is 6.23. The molecule has 0 spiro atoms. The molecule has 4 rings (SSSR count). The first-order valence-corrected chi connectivity index (χ1v) is 12.7. The van der Waals surface area contributed by atoms with Crippen LogP contribution < -0.4 is 0 Å². The summed E-state index contributed by atoms with van der Waals surface area (Å²) in [5.41, 5.74) is 2.14. The summed E-state index contributed by atoms with van der Waals surface area (Å²) < 4.78 is 33.1. The maximum Gasteiger partial charge on any atom is 0.410 e. The lowest BCUT2D eigenvalue weighted by atomic mass is 9.98. The van der Waals surface area contributed by atoms with E-state index in [0.717, 1.165) is 20.7 Å². The summed E-state index contributed by atoms with van der Waals surface area (Å²) in [5.74, 6) is -1.33. The molecule has 1 aromatic heterocycles. The minimum absolute atomic E-state index is 0.0180. The third-order valence-corrected chi connectivity index (χ3v) is 7.51. The number of hydrogen-bond acceptors (Lipinski definition) is 5. The number of aromatic nitrogens is 1. The predicted molar refractivity (Wildman–Crippen MR) is 133 cm³/mol. The van der Waals surface area contributed by atoms with E-state index in [0.29, 0.717) is 30.4 Å². The van der Waals surface area contributed by atoms with Gasteiger partial charge in [0.15, 0.2) is 0 Å². The monoisotopic (exact) mass is 496 g/mol. The lowest BCUT2D eigenvalue weighted by Gasteiger charge is -2.29. The van der Waals surface area contributed by atoms with Crippen LogP contribution in [0.2, 0.25) is 0 Å². The van der Waals surface area contributed by atoms with Gasteiger partial charge in [0, 0.05) is 18.5 Å². The highest BCUT2D eigenvalue weighted by atomic mass is 32.2. The summed E-state index contributed by atoms with van der Waals surface area (Å²) in [4.78, 5) is 25.9. The van der Waals surface area contributed by atoms with Crippen LogP contribution in [0.15, 0.2) is 59.5 Å². The van der Waals surface area contributed by atoms with Gasteiger partial charge in [0.25, 0.3) is 10.0 Å². The fourth-order valence-electron chi connectivity index (χ4n) is 4.04. The standard InChI is InChI=1S/C26H28N2O6S/c1-17-5-8-21(9-6-17)35(32,33)28-22-10-7-19(15-20(22)16-23(28)24(29)30)18-11-13-27(14-12-18)25(31)34-26(2,3)4/h5-11,15-16H,12-14H2,1-4H3,(H,29,30). The lowest BCUT2D eigenvalue weighted by Crippen LogP contribution is -2.39. The first kappa shape index (κ1) is 24.5. The van der Waals surface area contributed by atoms with Gasteiger partial charge in [-0.05, 0) is 75.6 Å². The molecule has 184 valence electrons. The molecule has 1 aliphatic heterocycles. The Morgan fingerprint density at radius 1 is 1.03 bits per heavy atom. The average Bonchev–Trinajstić information content (AvgIpc) is 3.18. The molecule has 3 aromatic rings. The van der Waals surface area contributed by atoms with E-state index in [4.69, 9.17) is 4.74 Å². The minimum atomic E-state index is -4.12. The zero-order chi connectivity index (χ0) is 25.5. The number of hydrogen-bond donors (Lipinski definition) is 1. The number of carbonyl (C=O) groups is 2. The molecule has 0 bridgehead atoms.